The summed E-state index contributed by atoms with van der Waals surface area (Å²) in [6.45, 7) is 0.434. The van der Waals surface area contributed by atoms with Gasteiger partial charge in [0, 0.05) is 12.6 Å². The van der Waals surface area contributed by atoms with Crippen molar-refractivity contribution in [2.75, 3.05) is 25.2 Å². The van der Waals surface area contributed by atoms with E-state index in [2.05, 4.69) is 5.32 Å². The number of sulfone groups is 1. The van der Waals surface area contributed by atoms with Crippen molar-refractivity contribution in [3.05, 3.63) is 23.8 Å². The summed E-state index contributed by atoms with van der Waals surface area (Å²) in [5.41, 5.74) is 0.909. The second-order valence-corrected chi connectivity index (χ2v) is 8.11. The Balaban J connectivity index is 1.75. The maximum atomic E-state index is 11.2. The van der Waals surface area contributed by atoms with Crippen LogP contribution in [0.25, 0.3) is 0 Å². The molecule has 3 rings (SSSR count). The molecule has 1 aromatic carbocycles. The summed E-state index contributed by atoms with van der Waals surface area (Å²) in [5.74, 6) is -0.143. The minimum atomic E-state index is -2.96. The molecule has 2 aliphatic rings. The van der Waals surface area contributed by atoms with Crippen molar-refractivity contribution < 1.29 is 27.8 Å². The third-order valence-corrected chi connectivity index (χ3v) is 6.00. The smallest absolute Gasteiger partial charge is 0.307 e. The number of aliphatic carboxylic acids is 1. The van der Waals surface area contributed by atoms with Crippen LogP contribution in [0.1, 0.15) is 18.0 Å². The molecular formula is C15H19NO6S. The van der Waals surface area contributed by atoms with E-state index >= 15 is 0 Å². The number of hydrogen-bond acceptors (Lipinski definition) is 6. The lowest BCUT2D eigenvalue weighted by Crippen LogP contribution is -2.45. The van der Waals surface area contributed by atoms with E-state index in [4.69, 9.17) is 14.6 Å². The first-order valence-electron chi connectivity index (χ1n) is 7.39. The summed E-state index contributed by atoms with van der Waals surface area (Å²) in [6, 6.07) is 5.36. The van der Waals surface area contributed by atoms with Gasteiger partial charge in [-0.2, -0.15) is 0 Å². The van der Waals surface area contributed by atoms with E-state index in [-0.39, 0.29) is 23.7 Å². The van der Waals surface area contributed by atoms with Gasteiger partial charge in [0.25, 0.3) is 0 Å². The van der Waals surface area contributed by atoms with Crippen molar-refractivity contribution in [1.82, 2.24) is 5.32 Å². The van der Waals surface area contributed by atoms with Crippen molar-refractivity contribution in [2.24, 2.45) is 5.92 Å². The average Bonchev–Trinajstić information content (AvgIpc) is 2.95. The molecule has 8 heteroatoms. The average molecular weight is 341 g/mol. The van der Waals surface area contributed by atoms with E-state index in [1.54, 1.807) is 12.1 Å². The number of benzene rings is 1. The summed E-state index contributed by atoms with van der Waals surface area (Å²) in [6.07, 6.45) is 0.159. The van der Waals surface area contributed by atoms with E-state index in [0.29, 0.717) is 24.5 Å². The highest BCUT2D eigenvalue weighted by molar-refractivity contribution is 7.92. The first-order chi connectivity index (χ1) is 10.9. The zero-order valence-electron chi connectivity index (χ0n) is 12.7. The van der Waals surface area contributed by atoms with E-state index < -0.39 is 21.7 Å². The molecule has 0 saturated carbocycles. The van der Waals surface area contributed by atoms with Crippen LogP contribution in [-0.4, -0.2) is 50.8 Å². The summed E-state index contributed by atoms with van der Waals surface area (Å²) >= 11 is 0. The molecule has 2 heterocycles. The quantitative estimate of drug-likeness (QED) is 0.809. The largest absolute Gasteiger partial charge is 0.493 e. The topological polar surface area (TPSA) is 102 Å². The lowest BCUT2D eigenvalue weighted by Gasteiger charge is -2.27. The van der Waals surface area contributed by atoms with Gasteiger partial charge in [0.2, 0.25) is 0 Å². The van der Waals surface area contributed by atoms with Gasteiger partial charge in [-0.05, 0) is 24.1 Å². The van der Waals surface area contributed by atoms with Crippen LogP contribution in [-0.2, 0) is 14.6 Å². The van der Waals surface area contributed by atoms with Crippen molar-refractivity contribution >= 4 is 15.8 Å². The molecule has 23 heavy (non-hydrogen) atoms. The van der Waals surface area contributed by atoms with Crippen LogP contribution in [0.3, 0.4) is 0 Å². The van der Waals surface area contributed by atoms with Gasteiger partial charge in [0.15, 0.2) is 21.3 Å². The number of methoxy groups -OCH3 is 1. The molecule has 2 aliphatic heterocycles. The van der Waals surface area contributed by atoms with Gasteiger partial charge in [-0.3, -0.25) is 4.79 Å². The van der Waals surface area contributed by atoms with Crippen LogP contribution >= 0.6 is 0 Å². The molecule has 2 unspecified atom stereocenters. The molecule has 7 nitrogen and oxygen atoms in total. The highest BCUT2D eigenvalue weighted by Gasteiger charge is 2.36. The summed E-state index contributed by atoms with van der Waals surface area (Å²) in [7, 11) is -1.43. The first kappa shape index (κ1) is 16.1. The summed E-state index contributed by atoms with van der Waals surface area (Å²) in [5, 5.41) is 12.3. The molecule has 0 spiro atoms. The van der Waals surface area contributed by atoms with Gasteiger partial charge >= 0.3 is 5.97 Å². The molecule has 126 valence electrons. The molecular weight excluding hydrogens is 322 g/mol. The molecule has 2 N–H and O–H groups in total. The van der Waals surface area contributed by atoms with Gasteiger partial charge in [0.05, 0.1) is 24.5 Å². The lowest BCUT2D eigenvalue weighted by molar-refractivity contribution is -0.141. The fraction of sp³-hybridized carbons (Fsp3) is 0.533. The maximum absolute atomic E-state index is 11.2. The Bertz CT molecular complexity index is 705. The Kier molecular flexibility index (Phi) is 4.20. The van der Waals surface area contributed by atoms with E-state index in [1.165, 1.54) is 7.11 Å². The first-order valence-corrected chi connectivity index (χ1v) is 9.21. The van der Waals surface area contributed by atoms with Gasteiger partial charge in [0.1, 0.15) is 6.10 Å². The number of carbonyl (C=O) groups is 1. The number of nitrogens with one attached hydrogen (secondary N) is 1. The fourth-order valence-electron chi connectivity index (χ4n) is 2.95. The number of carboxylic acid groups (broad SMARTS) is 1. The normalized spacial score (nSPS) is 26.5. The number of rotatable bonds is 5. The molecule has 0 aliphatic carbocycles. The minimum Gasteiger partial charge on any atom is -0.493 e. The highest BCUT2D eigenvalue weighted by Crippen LogP contribution is 2.35. The Morgan fingerprint density at radius 2 is 2.04 bits per heavy atom. The van der Waals surface area contributed by atoms with Crippen molar-refractivity contribution in [3.8, 4) is 11.5 Å². The van der Waals surface area contributed by atoms with Crippen LogP contribution < -0.4 is 14.8 Å². The standard InChI is InChI=1S/C15H19NO6S/c1-21-13-3-2-9(12-4-10(6-16-12)15(17)18)5-14(13)22-11-7-23(19,20)8-11/h2-3,5,10-12,16H,4,6-8H2,1H3,(H,17,18). The van der Waals surface area contributed by atoms with Gasteiger partial charge < -0.3 is 19.9 Å². The van der Waals surface area contributed by atoms with Crippen molar-refractivity contribution in [2.45, 2.75) is 18.6 Å². The summed E-state index contributed by atoms with van der Waals surface area (Å²) in [4.78, 5) is 11.1. The van der Waals surface area contributed by atoms with Gasteiger partial charge in [-0.15, -0.1) is 0 Å². The molecule has 0 bridgehead atoms. The SMILES string of the molecule is COc1ccc(C2CC(C(=O)O)CN2)cc1OC1CS(=O)(=O)C1. The second-order valence-electron chi connectivity index (χ2n) is 5.96. The number of hydrogen-bond donors (Lipinski definition) is 2. The van der Waals surface area contributed by atoms with Crippen molar-refractivity contribution in [3.63, 3.8) is 0 Å². The van der Waals surface area contributed by atoms with E-state index in [1.807, 2.05) is 6.07 Å². The third-order valence-electron chi connectivity index (χ3n) is 4.24. The van der Waals surface area contributed by atoms with E-state index in [9.17, 15) is 13.2 Å². The fourth-order valence-corrected chi connectivity index (χ4v) is 4.12. The molecule has 0 radical (unpaired) electrons. The van der Waals surface area contributed by atoms with Gasteiger partial charge in [-0.25, -0.2) is 8.42 Å². The highest BCUT2D eigenvalue weighted by atomic mass is 32.2. The van der Waals surface area contributed by atoms with Crippen LogP contribution in [0.5, 0.6) is 11.5 Å². The molecule has 0 amide bonds. The summed E-state index contributed by atoms with van der Waals surface area (Å²) < 4.78 is 33.5. The van der Waals surface area contributed by atoms with Crippen LogP contribution in [0.15, 0.2) is 18.2 Å². The Labute approximate surface area is 134 Å². The molecule has 2 saturated heterocycles. The zero-order chi connectivity index (χ0) is 16.6. The Hall–Kier alpha value is -1.80. The van der Waals surface area contributed by atoms with E-state index in [0.717, 1.165) is 5.56 Å². The predicted octanol–water partition coefficient (Wildman–Crippen LogP) is 0.606. The lowest BCUT2D eigenvalue weighted by atomic mass is 10.00. The monoisotopic (exact) mass is 341 g/mol. The van der Waals surface area contributed by atoms with Crippen LogP contribution in [0.2, 0.25) is 0 Å². The molecule has 0 aromatic heterocycles. The molecule has 1 aromatic rings. The molecule has 2 atom stereocenters. The Morgan fingerprint density at radius 3 is 2.61 bits per heavy atom. The van der Waals surface area contributed by atoms with Crippen LogP contribution in [0, 0.1) is 5.92 Å². The van der Waals surface area contributed by atoms with Gasteiger partial charge in [-0.1, -0.05) is 6.07 Å². The van der Waals surface area contributed by atoms with Crippen molar-refractivity contribution in [1.29, 1.82) is 0 Å². The number of carboxylic acids is 1. The minimum absolute atomic E-state index is 0.0170. The van der Waals surface area contributed by atoms with Crippen LogP contribution in [0.4, 0.5) is 0 Å². The Morgan fingerprint density at radius 1 is 1.30 bits per heavy atom. The third kappa shape index (κ3) is 3.42. The molecule has 2 fully saturated rings. The zero-order valence-corrected chi connectivity index (χ0v) is 13.5. The maximum Gasteiger partial charge on any atom is 0.307 e. The second kappa shape index (κ2) is 6.01. The number of ether oxygens (including phenoxy) is 2. The predicted molar refractivity (Wildman–Crippen MR) is 82.6 cm³/mol.